The maximum atomic E-state index is 12.8. The molecule has 26 heavy (non-hydrogen) atoms. The molecule has 0 unspecified atom stereocenters. The highest BCUT2D eigenvalue weighted by molar-refractivity contribution is 6.23. The van der Waals surface area contributed by atoms with Crippen molar-refractivity contribution >= 4 is 29.2 Å². The smallest absolute Gasteiger partial charge is 0.335 e. The van der Waals surface area contributed by atoms with Crippen molar-refractivity contribution in [1.82, 2.24) is 0 Å². The average Bonchev–Trinajstić information content (AvgIpc) is 2.84. The first-order valence-corrected chi connectivity index (χ1v) is 8.32. The first kappa shape index (κ1) is 17.7. The Bertz CT molecular complexity index is 880. The van der Waals surface area contributed by atoms with Gasteiger partial charge >= 0.3 is 5.97 Å². The predicted octanol–water partition coefficient (Wildman–Crippen LogP) is 3.05. The third kappa shape index (κ3) is 3.18. The molecule has 6 heteroatoms. The minimum Gasteiger partial charge on any atom is -0.478 e. The summed E-state index contributed by atoms with van der Waals surface area (Å²) in [6.07, 6.45) is 0.0618. The normalized spacial score (nSPS) is 16.9. The van der Waals surface area contributed by atoms with Crippen molar-refractivity contribution in [2.75, 3.05) is 10.2 Å². The number of rotatable bonds is 4. The summed E-state index contributed by atoms with van der Waals surface area (Å²) in [5, 5.41) is 12.2. The Balaban J connectivity index is 1.84. The van der Waals surface area contributed by atoms with Gasteiger partial charge < -0.3 is 10.4 Å². The highest BCUT2D eigenvalue weighted by atomic mass is 16.4. The van der Waals surface area contributed by atoms with Gasteiger partial charge in [0.1, 0.15) is 6.04 Å². The molecule has 1 aliphatic rings. The monoisotopic (exact) mass is 352 g/mol. The van der Waals surface area contributed by atoms with Gasteiger partial charge in [0.25, 0.3) is 5.91 Å². The molecule has 0 saturated carbocycles. The number of aryl methyl sites for hydroxylation is 3. The van der Waals surface area contributed by atoms with Gasteiger partial charge in [-0.25, -0.2) is 9.69 Å². The van der Waals surface area contributed by atoms with E-state index >= 15 is 0 Å². The maximum absolute atomic E-state index is 12.8. The summed E-state index contributed by atoms with van der Waals surface area (Å²) in [7, 11) is 0. The van der Waals surface area contributed by atoms with Gasteiger partial charge in [0.05, 0.1) is 17.7 Å². The van der Waals surface area contributed by atoms with E-state index in [1.807, 2.05) is 32.9 Å². The predicted molar refractivity (Wildman–Crippen MR) is 98.6 cm³/mol. The van der Waals surface area contributed by atoms with Crippen LogP contribution in [-0.4, -0.2) is 28.9 Å². The maximum Gasteiger partial charge on any atom is 0.335 e. The van der Waals surface area contributed by atoms with Crippen LogP contribution in [0.4, 0.5) is 11.4 Å². The Kier molecular flexibility index (Phi) is 4.50. The van der Waals surface area contributed by atoms with Gasteiger partial charge in [-0.2, -0.15) is 0 Å². The number of imide groups is 1. The average molecular weight is 352 g/mol. The number of amides is 2. The van der Waals surface area contributed by atoms with E-state index in [2.05, 4.69) is 5.32 Å². The summed E-state index contributed by atoms with van der Waals surface area (Å²) in [6, 6.07) is 9.13. The zero-order chi connectivity index (χ0) is 19.0. The Morgan fingerprint density at radius 1 is 1.08 bits per heavy atom. The van der Waals surface area contributed by atoms with E-state index in [0.29, 0.717) is 5.69 Å². The summed E-state index contributed by atoms with van der Waals surface area (Å²) >= 11 is 0. The van der Waals surface area contributed by atoms with E-state index in [1.165, 1.54) is 24.3 Å². The second-order valence-electron chi connectivity index (χ2n) is 6.59. The molecule has 1 fully saturated rings. The molecule has 2 N–H and O–H groups in total. The summed E-state index contributed by atoms with van der Waals surface area (Å²) < 4.78 is 0. The first-order chi connectivity index (χ1) is 12.3. The number of hydrogen-bond acceptors (Lipinski definition) is 4. The molecular weight excluding hydrogens is 332 g/mol. The lowest BCUT2D eigenvalue weighted by atomic mass is 10.0. The minimum absolute atomic E-state index is 0.0618. The molecule has 2 amide bonds. The number of aromatic carboxylic acids is 1. The van der Waals surface area contributed by atoms with E-state index in [0.717, 1.165) is 27.3 Å². The Morgan fingerprint density at radius 2 is 1.65 bits per heavy atom. The molecule has 1 atom stereocenters. The number of carbonyl (C=O) groups excluding carboxylic acids is 2. The molecular formula is C20H20N2O4. The zero-order valence-corrected chi connectivity index (χ0v) is 14.9. The van der Waals surface area contributed by atoms with E-state index < -0.39 is 12.0 Å². The van der Waals surface area contributed by atoms with E-state index in [9.17, 15) is 14.4 Å². The van der Waals surface area contributed by atoms with Crippen LogP contribution in [0.2, 0.25) is 0 Å². The molecule has 2 aromatic rings. The minimum atomic E-state index is -1.06. The topological polar surface area (TPSA) is 86.7 Å². The van der Waals surface area contributed by atoms with Crippen LogP contribution >= 0.6 is 0 Å². The van der Waals surface area contributed by atoms with Gasteiger partial charge in [0.15, 0.2) is 0 Å². The van der Waals surface area contributed by atoms with Gasteiger partial charge in [-0.15, -0.1) is 0 Å². The Hall–Kier alpha value is -3.15. The summed E-state index contributed by atoms with van der Waals surface area (Å²) in [4.78, 5) is 37.2. The van der Waals surface area contributed by atoms with Crippen molar-refractivity contribution < 1.29 is 19.5 Å². The Morgan fingerprint density at radius 3 is 2.19 bits per heavy atom. The standard InChI is InChI=1S/C20H20N2O4/c1-11-8-12(2)18(13(3)9-11)21-16-10-17(23)22(19(16)24)15-6-4-14(5-7-15)20(25)26/h4-9,16,21H,10H2,1-3H3,(H,25,26)/t16-/m1/s1. The van der Waals surface area contributed by atoms with E-state index in [-0.39, 0.29) is 23.8 Å². The molecule has 2 aromatic carbocycles. The third-order valence-electron chi connectivity index (χ3n) is 4.51. The SMILES string of the molecule is Cc1cc(C)c(N[C@@H]2CC(=O)N(c3ccc(C(=O)O)cc3)C2=O)c(C)c1. The molecule has 1 aliphatic heterocycles. The lowest BCUT2D eigenvalue weighted by Crippen LogP contribution is -2.35. The van der Waals surface area contributed by atoms with Crippen molar-refractivity contribution in [3.8, 4) is 0 Å². The van der Waals surface area contributed by atoms with E-state index in [4.69, 9.17) is 5.11 Å². The van der Waals surface area contributed by atoms with Crippen LogP contribution in [0, 0.1) is 20.8 Å². The number of anilines is 2. The van der Waals surface area contributed by atoms with Crippen molar-refractivity contribution in [2.24, 2.45) is 0 Å². The number of carboxylic acids is 1. The lowest BCUT2D eigenvalue weighted by molar-refractivity contribution is -0.121. The van der Waals surface area contributed by atoms with Gasteiger partial charge in [-0.05, 0) is 56.2 Å². The van der Waals surface area contributed by atoms with Crippen molar-refractivity contribution in [2.45, 2.75) is 33.2 Å². The molecule has 0 radical (unpaired) electrons. The molecule has 1 heterocycles. The fourth-order valence-corrected chi connectivity index (χ4v) is 3.35. The molecule has 0 aromatic heterocycles. The largest absolute Gasteiger partial charge is 0.478 e. The zero-order valence-electron chi connectivity index (χ0n) is 14.9. The Labute approximate surface area is 151 Å². The molecule has 0 aliphatic carbocycles. The van der Waals surface area contributed by atoms with Gasteiger partial charge in [0.2, 0.25) is 5.91 Å². The summed E-state index contributed by atoms with van der Waals surface area (Å²) in [6.45, 7) is 5.94. The van der Waals surface area contributed by atoms with Crippen LogP contribution in [0.3, 0.4) is 0 Å². The van der Waals surface area contributed by atoms with E-state index in [1.54, 1.807) is 0 Å². The number of nitrogens with zero attached hydrogens (tertiary/aromatic N) is 1. The van der Waals surface area contributed by atoms with Gasteiger partial charge in [0, 0.05) is 5.69 Å². The number of benzene rings is 2. The number of carbonyl (C=O) groups is 3. The fourth-order valence-electron chi connectivity index (χ4n) is 3.35. The molecule has 3 rings (SSSR count). The van der Waals surface area contributed by atoms with Gasteiger partial charge in [-0.3, -0.25) is 9.59 Å². The number of carboxylic acid groups (broad SMARTS) is 1. The quantitative estimate of drug-likeness (QED) is 0.826. The second-order valence-corrected chi connectivity index (χ2v) is 6.59. The highest BCUT2D eigenvalue weighted by Crippen LogP contribution is 2.28. The molecule has 0 spiro atoms. The molecule has 0 bridgehead atoms. The summed E-state index contributed by atoms with van der Waals surface area (Å²) in [5.74, 6) is -1.70. The summed E-state index contributed by atoms with van der Waals surface area (Å²) in [5.41, 5.74) is 4.53. The lowest BCUT2D eigenvalue weighted by Gasteiger charge is -2.19. The first-order valence-electron chi connectivity index (χ1n) is 8.32. The molecule has 1 saturated heterocycles. The van der Waals surface area contributed by atoms with Crippen LogP contribution in [0.25, 0.3) is 0 Å². The van der Waals surface area contributed by atoms with Crippen LogP contribution in [-0.2, 0) is 9.59 Å². The van der Waals surface area contributed by atoms with Crippen molar-refractivity contribution in [1.29, 1.82) is 0 Å². The van der Waals surface area contributed by atoms with Crippen molar-refractivity contribution in [3.63, 3.8) is 0 Å². The third-order valence-corrected chi connectivity index (χ3v) is 4.51. The van der Waals surface area contributed by atoms with Crippen LogP contribution in [0.5, 0.6) is 0 Å². The van der Waals surface area contributed by atoms with Crippen LogP contribution in [0.15, 0.2) is 36.4 Å². The number of hydrogen-bond donors (Lipinski definition) is 2. The molecule has 6 nitrogen and oxygen atoms in total. The van der Waals surface area contributed by atoms with Crippen LogP contribution < -0.4 is 10.2 Å². The van der Waals surface area contributed by atoms with Crippen LogP contribution in [0.1, 0.15) is 33.5 Å². The van der Waals surface area contributed by atoms with Crippen molar-refractivity contribution in [3.05, 3.63) is 58.7 Å². The second kappa shape index (κ2) is 6.63. The highest BCUT2D eigenvalue weighted by Gasteiger charge is 2.39. The fraction of sp³-hybridized carbons (Fsp3) is 0.250. The van der Waals surface area contributed by atoms with Gasteiger partial charge in [-0.1, -0.05) is 17.7 Å². The number of nitrogens with one attached hydrogen (secondary N) is 1. The molecule has 134 valence electrons.